The number of nitrogens with zero attached hydrogens (tertiary/aromatic N) is 1. The van der Waals surface area contributed by atoms with Crippen molar-refractivity contribution >= 4 is 17.7 Å². The number of carbonyl (C=O) groups is 1. The molecule has 0 aliphatic carbocycles. The molecule has 0 spiro atoms. The SMILES string of the molecule is Cc1cc(C=CC(=O)O)ccc1N1CCOC(C)(C)C1. The molecule has 4 nitrogen and oxygen atoms in total. The fraction of sp³-hybridized carbons (Fsp3) is 0.438. The number of anilines is 1. The third kappa shape index (κ3) is 3.61. The molecule has 1 fully saturated rings. The second-order valence-electron chi connectivity index (χ2n) is 5.75. The minimum absolute atomic E-state index is 0.132. The van der Waals surface area contributed by atoms with E-state index < -0.39 is 5.97 Å². The first-order valence-electron chi connectivity index (χ1n) is 6.78. The van der Waals surface area contributed by atoms with Gasteiger partial charge in [0.1, 0.15) is 0 Å². The van der Waals surface area contributed by atoms with Gasteiger partial charge in [-0.05, 0) is 50.1 Å². The first-order chi connectivity index (χ1) is 9.37. The summed E-state index contributed by atoms with van der Waals surface area (Å²) in [7, 11) is 0. The summed E-state index contributed by atoms with van der Waals surface area (Å²) >= 11 is 0. The third-order valence-electron chi connectivity index (χ3n) is 3.41. The van der Waals surface area contributed by atoms with Crippen LogP contribution in [0.2, 0.25) is 0 Å². The lowest BCUT2D eigenvalue weighted by molar-refractivity contribution is -0.131. The number of benzene rings is 1. The van der Waals surface area contributed by atoms with Crippen molar-refractivity contribution in [3.05, 3.63) is 35.4 Å². The monoisotopic (exact) mass is 275 g/mol. The fourth-order valence-electron chi connectivity index (χ4n) is 2.53. The largest absolute Gasteiger partial charge is 0.478 e. The maximum atomic E-state index is 10.5. The molecule has 1 heterocycles. The minimum Gasteiger partial charge on any atom is -0.478 e. The Labute approximate surface area is 119 Å². The number of hydrogen-bond acceptors (Lipinski definition) is 3. The van der Waals surface area contributed by atoms with Gasteiger partial charge in [-0.2, -0.15) is 0 Å². The van der Waals surface area contributed by atoms with Crippen molar-refractivity contribution < 1.29 is 14.6 Å². The van der Waals surface area contributed by atoms with Gasteiger partial charge in [-0.15, -0.1) is 0 Å². The Balaban J connectivity index is 2.19. The lowest BCUT2D eigenvalue weighted by Gasteiger charge is -2.40. The smallest absolute Gasteiger partial charge is 0.328 e. The summed E-state index contributed by atoms with van der Waals surface area (Å²) in [4.78, 5) is 12.9. The summed E-state index contributed by atoms with van der Waals surface area (Å²) in [5.74, 6) is -0.929. The van der Waals surface area contributed by atoms with Gasteiger partial charge in [0.05, 0.1) is 12.2 Å². The van der Waals surface area contributed by atoms with Gasteiger partial charge >= 0.3 is 5.97 Å². The molecule has 0 unspecified atom stereocenters. The molecule has 0 saturated carbocycles. The Morgan fingerprint density at radius 2 is 2.20 bits per heavy atom. The molecule has 0 bridgehead atoms. The normalized spacial score (nSPS) is 18.4. The number of rotatable bonds is 3. The van der Waals surface area contributed by atoms with Crippen LogP contribution >= 0.6 is 0 Å². The lowest BCUT2D eigenvalue weighted by Crippen LogP contribution is -2.48. The highest BCUT2D eigenvalue weighted by atomic mass is 16.5. The topological polar surface area (TPSA) is 49.8 Å². The molecule has 0 atom stereocenters. The van der Waals surface area contributed by atoms with Gasteiger partial charge in [-0.1, -0.05) is 6.07 Å². The zero-order valence-electron chi connectivity index (χ0n) is 12.2. The van der Waals surface area contributed by atoms with Gasteiger partial charge in [-0.3, -0.25) is 0 Å². The highest BCUT2D eigenvalue weighted by Crippen LogP contribution is 2.27. The Morgan fingerprint density at radius 3 is 2.80 bits per heavy atom. The maximum Gasteiger partial charge on any atom is 0.328 e. The van der Waals surface area contributed by atoms with Crippen molar-refractivity contribution in [3.8, 4) is 0 Å². The van der Waals surface area contributed by atoms with Crippen molar-refractivity contribution in [2.24, 2.45) is 0 Å². The van der Waals surface area contributed by atoms with E-state index in [1.54, 1.807) is 6.08 Å². The molecule has 1 aromatic rings. The van der Waals surface area contributed by atoms with Crippen LogP contribution in [0.25, 0.3) is 6.08 Å². The molecule has 1 aliphatic heterocycles. The molecule has 4 heteroatoms. The van der Waals surface area contributed by atoms with Crippen molar-refractivity contribution in [1.82, 2.24) is 0 Å². The Hall–Kier alpha value is -1.81. The van der Waals surface area contributed by atoms with Crippen molar-refractivity contribution in [2.75, 3.05) is 24.6 Å². The summed E-state index contributed by atoms with van der Waals surface area (Å²) in [5, 5.41) is 8.65. The highest BCUT2D eigenvalue weighted by molar-refractivity contribution is 5.85. The highest BCUT2D eigenvalue weighted by Gasteiger charge is 2.27. The number of ether oxygens (including phenoxy) is 1. The number of aliphatic carboxylic acids is 1. The van der Waals surface area contributed by atoms with E-state index in [2.05, 4.69) is 31.7 Å². The van der Waals surface area contributed by atoms with Gasteiger partial charge in [0.25, 0.3) is 0 Å². The molecule has 108 valence electrons. The van der Waals surface area contributed by atoms with Crippen LogP contribution in [0.3, 0.4) is 0 Å². The van der Waals surface area contributed by atoms with Crippen LogP contribution in [0.1, 0.15) is 25.0 Å². The summed E-state index contributed by atoms with van der Waals surface area (Å²) < 4.78 is 5.73. The van der Waals surface area contributed by atoms with E-state index in [1.807, 2.05) is 12.1 Å². The fourth-order valence-corrected chi connectivity index (χ4v) is 2.53. The van der Waals surface area contributed by atoms with Crippen molar-refractivity contribution in [1.29, 1.82) is 0 Å². The number of morpholine rings is 1. The van der Waals surface area contributed by atoms with Crippen LogP contribution in [0, 0.1) is 6.92 Å². The van der Waals surface area contributed by atoms with E-state index in [9.17, 15) is 4.79 Å². The summed E-state index contributed by atoms with van der Waals surface area (Å²) in [5.41, 5.74) is 3.11. The average Bonchev–Trinajstić information content (AvgIpc) is 2.35. The Morgan fingerprint density at radius 1 is 1.45 bits per heavy atom. The van der Waals surface area contributed by atoms with E-state index in [1.165, 1.54) is 5.69 Å². The number of aryl methyl sites for hydroxylation is 1. The van der Waals surface area contributed by atoms with Crippen LogP contribution < -0.4 is 4.90 Å². The first-order valence-corrected chi connectivity index (χ1v) is 6.78. The molecule has 0 radical (unpaired) electrons. The van der Waals surface area contributed by atoms with Crippen molar-refractivity contribution in [2.45, 2.75) is 26.4 Å². The Bertz CT molecular complexity index is 535. The van der Waals surface area contributed by atoms with Crippen LogP contribution in [0.5, 0.6) is 0 Å². The van der Waals surface area contributed by atoms with E-state index in [-0.39, 0.29) is 5.60 Å². The minimum atomic E-state index is -0.929. The first kappa shape index (κ1) is 14.6. The molecular formula is C16H21NO3. The zero-order chi connectivity index (χ0) is 14.8. The van der Waals surface area contributed by atoms with Gasteiger partial charge in [0.15, 0.2) is 0 Å². The van der Waals surface area contributed by atoms with Gasteiger partial charge in [-0.25, -0.2) is 4.79 Å². The quantitative estimate of drug-likeness (QED) is 0.862. The van der Waals surface area contributed by atoms with E-state index in [4.69, 9.17) is 9.84 Å². The second kappa shape index (κ2) is 5.67. The van der Waals surface area contributed by atoms with E-state index >= 15 is 0 Å². The predicted octanol–water partition coefficient (Wildman–Crippen LogP) is 2.71. The van der Waals surface area contributed by atoms with Crippen LogP contribution in [0.4, 0.5) is 5.69 Å². The summed E-state index contributed by atoms with van der Waals surface area (Å²) in [6, 6.07) is 6.01. The van der Waals surface area contributed by atoms with E-state index in [0.717, 1.165) is 36.9 Å². The molecular weight excluding hydrogens is 254 g/mol. The van der Waals surface area contributed by atoms with Gasteiger partial charge in [0, 0.05) is 24.9 Å². The molecule has 2 rings (SSSR count). The average molecular weight is 275 g/mol. The molecule has 1 N–H and O–H groups in total. The van der Waals surface area contributed by atoms with Gasteiger partial charge < -0.3 is 14.7 Å². The molecule has 1 aliphatic rings. The summed E-state index contributed by atoms with van der Waals surface area (Å²) in [6.45, 7) is 8.71. The van der Waals surface area contributed by atoms with Crippen LogP contribution in [-0.4, -0.2) is 36.4 Å². The molecule has 1 aromatic carbocycles. The number of hydrogen-bond donors (Lipinski definition) is 1. The van der Waals surface area contributed by atoms with E-state index in [0.29, 0.717) is 0 Å². The lowest BCUT2D eigenvalue weighted by atomic mass is 10.0. The summed E-state index contributed by atoms with van der Waals surface area (Å²) in [6.07, 6.45) is 2.77. The second-order valence-corrected chi connectivity index (χ2v) is 5.75. The predicted molar refractivity (Wildman–Crippen MR) is 80.1 cm³/mol. The standard InChI is InChI=1S/C16H21NO3/c1-12-10-13(5-7-15(18)19)4-6-14(12)17-8-9-20-16(2,3)11-17/h4-7,10H,8-9,11H2,1-3H3,(H,18,19). The third-order valence-corrected chi connectivity index (χ3v) is 3.41. The molecule has 0 amide bonds. The van der Waals surface area contributed by atoms with Crippen molar-refractivity contribution in [3.63, 3.8) is 0 Å². The molecule has 0 aromatic heterocycles. The van der Waals surface area contributed by atoms with Crippen LogP contribution in [-0.2, 0) is 9.53 Å². The Kier molecular flexibility index (Phi) is 4.14. The number of carboxylic acids is 1. The van der Waals surface area contributed by atoms with Gasteiger partial charge in [0.2, 0.25) is 0 Å². The number of carboxylic acid groups (broad SMARTS) is 1. The molecule has 1 saturated heterocycles. The van der Waals surface area contributed by atoms with Crippen LogP contribution in [0.15, 0.2) is 24.3 Å². The maximum absolute atomic E-state index is 10.5. The zero-order valence-corrected chi connectivity index (χ0v) is 12.2. The molecule has 20 heavy (non-hydrogen) atoms.